The number of hydrogen-bond acceptors (Lipinski definition) is 5. The van der Waals surface area contributed by atoms with Crippen LogP contribution in [0.4, 0.5) is 4.39 Å². The predicted molar refractivity (Wildman–Crippen MR) is 112 cm³/mol. The molecule has 0 radical (unpaired) electrons. The number of aromatic nitrogens is 2. The van der Waals surface area contributed by atoms with E-state index in [9.17, 15) is 4.39 Å². The molecule has 0 bridgehead atoms. The van der Waals surface area contributed by atoms with Gasteiger partial charge in [0.2, 0.25) is 0 Å². The zero-order chi connectivity index (χ0) is 21.3. The van der Waals surface area contributed by atoms with Crippen LogP contribution in [0.1, 0.15) is 11.1 Å². The molecule has 0 aliphatic heterocycles. The number of benzene rings is 3. The van der Waals surface area contributed by atoms with E-state index < -0.39 is 5.82 Å². The molecule has 0 atom stereocenters. The highest BCUT2D eigenvalue weighted by atomic mass is 19.1. The maximum Gasteiger partial charge on any atom is 0.173 e. The van der Waals surface area contributed by atoms with Crippen molar-refractivity contribution < 1.29 is 14.8 Å². The minimum atomic E-state index is -0.578. The van der Waals surface area contributed by atoms with Crippen LogP contribution in [0, 0.1) is 5.82 Å². The first-order valence-electron chi connectivity index (χ1n) is 8.86. The highest BCUT2D eigenvalue weighted by Gasteiger charge is 2.11. The number of halogens is 1. The molecule has 0 saturated heterocycles. The number of amidine groups is 2. The Morgan fingerprint density at radius 2 is 1.50 bits per heavy atom. The summed E-state index contributed by atoms with van der Waals surface area (Å²) in [6.07, 6.45) is 0. The zero-order valence-electron chi connectivity index (χ0n) is 15.5. The van der Waals surface area contributed by atoms with Crippen molar-refractivity contribution in [2.75, 3.05) is 0 Å². The highest BCUT2D eigenvalue weighted by Crippen LogP contribution is 2.26. The Morgan fingerprint density at radius 3 is 2.17 bits per heavy atom. The predicted octanol–water partition coefficient (Wildman–Crippen LogP) is 3.23. The smallest absolute Gasteiger partial charge is 0.173 e. The van der Waals surface area contributed by atoms with Crippen LogP contribution >= 0.6 is 0 Å². The third-order valence-electron chi connectivity index (χ3n) is 4.73. The number of nitrogens with zero attached hydrogens (tertiary/aromatic N) is 3. The van der Waals surface area contributed by atoms with Gasteiger partial charge in [0.25, 0.3) is 0 Å². The molecule has 8 nitrogen and oxygen atoms in total. The number of fused-ring (bicyclic) bond motifs is 1. The Labute approximate surface area is 170 Å². The molecule has 0 spiro atoms. The summed E-state index contributed by atoms with van der Waals surface area (Å²) in [6.45, 7) is 0. The second-order valence-corrected chi connectivity index (χ2v) is 6.56. The molecule has 0 amide bonds. The fourth-order valence-electron chi connectivity index (χ4n) is 3.14. The third kappa shape index (κ3) is 3.39. The maximum atomic E-state index is 14.2. The number of nitrogens with two attached hydrogens (primary N) is 2. The zero-order valence-corrected chi connectivity index (χ0v) is 15.5. The molecule has 4 aromatic rings. The van der Waals surface area contributed by atoms with Gasteiger partial charge in [0.1, 0.15) is 11.6 Å². The van der Waals surface area contributed by atoms with E-state index in [1.54, 1.807) is 24.3 Å². The fraction of sp³-hybridized carbons (Fsp3) is 0. The van der Waals surface area contributed by atoms with E-state index in [4.69, 9.17) is 21.9 Å². The van der Waals surface area contributed by atoms with Gasteiger partial charge in [0, 0.05) is 11.1 Å². The van der Waals surface area contributed by atoms with E-state index in [-0.39, 0.29) is 17.2 Å². The Kier molecular flexibility index (Phi) is 4.77. The average molecular weight is 404 g/mol. The topological polar surface area (TPSA) is 146 Å². The lowest BCUT2D eigenvalue weighted by atomic mass is 10.0. The number of imidazole rings is 1. The second-order valence-electron chi connectivity index (χ2n) is 6.56. The van der Waals surface area contributed by atoms with Gasteiger partial charge in [-0.2, -0.15) is 0 Å². The van der Waals surface area contributed by atoms with Crippen LogP contribution in [0.3, 0.4) is 0 Å². The minimum Gasteiger partial charge on any atom is -0.409 e. The first-order valence-corrected chi connectivity index (χ1v) is 8.86. The summed E-state index contributed by atoms with van der Waals surface area (Å²) < 4.78 is 14.2. The van der Waals surface area contributed by atoms with Gasteiger partial charge in [-0.25, -0.2) is 9.37 Å². The molecule has 0 fully saturated rings. The van der Waals surface area contributed by atoms with Gasteiger partial charge in [-0.15, -0.1) is 0 Å². The van der Waals surface area contributed by atoms with Crippen LogP contribution in [0.25, 0.3) is 33.5 Å². The second kappa shape index (κ2) is 7.55. The summed E-state index contributed by atoms with van der Waals surface area (Å²) in [5, 5.41) is 23.4. The summed E-state index contributed by atoms with van der Waals surface area (Å²) in [7, 11) is 0. The maximum absolute atomic E-state index is 14.2. The highest BCUT2D eigenvalue weighted by molar-refractivity contribution is 6.00. The molecule has 30 heavy (non-hydrogen) atoms. The summed E-state index contributed by atoms with van der Waals surface area (Å²) >= 11 is 0. The summed E-state index contributed by atoms with van der Waals surface area (Å²) in [5.74, 6) is -0.190. The van der Waals surface area contributed by atoms with Gasteiger partial charge in [-0.05, 0) is 41.5 Å². The van der Waals surface area contributed by atoms with Crippen LogP contribution in [-0.4, -0.2) is 32.1 Å². The van der Waals surface area contributed by atoms with Crippen molar-refractivity contribution in [3.8, 4) is 22.5 Å². The Morgan fingerprint density at radius 1 is 0.833 bits per heavy atom. The Hall–Kier alpha value is -4.40. The third-order valence-corrected chi connectivity index (χ3v) is 4.73. The molecule has 0 aliphatic carbocycles. The lowest BCUT2D eigenvalue weighted by Gasteiger charge is -2.06. The van der Waals surface area contributed by atoms with Gasteiger partial charge in [-0.1, -0.05) is 40.6 Å². The van der Waals surface area contributed by atoms with Crippen molar-refractivity contribution in [1.82, 2.24) is 9.97 Å². The van der Waals surface area contributed by atoms with Crippen LogP contribution in [0.5, 0.6) is 0 Å². The van der Waals surface area contributed by atoms with Gasteiger partial charge in [-0.3, -0.25) is 0 Å². The van der Waals surface area contributed by atoms with Crippen molar-refractivity contribution in [3.63, 3.8) is 0 Å². The number of hydrogen-bond donors (Lipinski definition) is 5. The van der Waals surface area contributed by atoms with E-state index in [1.165, 1.54) is 12.1 Å². The number of nitrogens with one attached hydrogen (secondary N) is 1. The lowest BCUT2D eigenvalue weighted by Crippen LogP contribution is -2.14. The molecule has 1 aromatic heterocycles. The number of H-pyrrole nitrogens is 1. The minimum absolute atomic E-state index is 0.0164. The Balaban J connectivity index is 1.64. The summed E-state index contributed by atoms with van der Waals surface area (Å²) in [6, 6.07) is 17.2. The molecule has 150 valence electrons. The first kappa shape index (κ1) is 18.9. The molecule has 0 unspecified atom stereocenters. The van der Waals surface area contributed by atoms with Crippen molar-refractivity contribution in [2.24, 2.45) is 21.8 Å². The molecular formula is C21H17FN6O2. The molecule has 1 heterocycles. The fourth-order valence-corrected chi connectivity index (χ4v) is 3.14. The number of aromatic amines is 1. The monoisotopic (exact) mass is 404 g/mol. The van der Waals surface area contributed by atoms with Crippen LogP contribution in [0.2, 0.25) is 0 Å². The van der Waals surface area contributed by atoms with Gasteiger partial charge in [0.15, 0.2) is 11.7 Å². The average Bonchev–Trinajstić information content (AvgIpc) is 3.21. The normalized spacial score (nSPS) is 12.4. The van der Waals surface area contributed by atoms with Gasteiger partial charge in [0.05, 0.1) is 16.6 Å². The molecular weight excluding hydrogens is 387 g/mol. The van der Waals surface area contributed by atoms with Crippen molar-refractivity contribution >= 4 is 22.7 Å². The molecule has 4 rings (SSSR count). The molecule has 3 aromatic carbocycles. The SMILES string of the molecule is NC(=NO)c1ccc2nc(-c3ccc(-c4ccc(C(N)=NO)c(F)c4)cc3)[nH]c2c1. The first-order chi connectivity index (χ1) is 14.5. The lowest BCUT2D eigenvalue weighted by molar-refractivity contribution is 0.318. The van der Waals surface area contributed by atoms with E-state index in [0.29, 0.717) is 17.0 Å². The standard InChI is InChI=1S/C21H17FN6O2/c22-16-9-13(5-7-15(16)20(24)28-30)11-1-3-12(4-2-11)21-25-17-8-6-14(19(23)27-29)10-18(17)26-21/h1-10,29-30H,(H2,23,27)(H2,24,28)(H,25,26). The number of oxime groups is 2. The van der Waals surface area contributed by atoms with Gasteiger partial charge < -0.3 is 26.9 Å². The molecule has 9 heteroatoms. The van der Waals surface area contributed by atoms with Crippen molar-refractivity contribution in [2.45, 2.75) is 0 Å². The Bertz CT molecular complexity index is 1290. The molecule has 0 saturated carbocycles. The van der Waals surface area contributed by atoms with Crippen molar-refractivity contribution in [3.05, 3.63) is 77.6 Å². The van der Waals surface area contributed by atoms with E-state index in [2.05, 4.69) is 20.3 Å². The quantitative estimate of drug-likeness (QED) is 0.153. The largest absolute Gasteiger partial charge is 0.409 e. The van der Waals surface area contributed by atoms with Crippen LogP contribution in [0.15, 0.2) is 71.0 Å². The summed E-state index contributed by atoms with van der Waals surface area (Å²) in [5.41, 5.74) is 15.5. The van der Waals surface area contributed by atoms with Gasteiger partial charge >= 0.3 is 0 Å². The van der Waals surface area contributed by atoms with Crippen LogP contribution < -0.4 is 11.5 Å². The van der Waals surface area contributed by atoms with E-state index in [1.807, 2.05) is 24.3 Å². The molecule has 7 N–H and O–H groups in total. The van der Waals surface area contributed by atoms with E-state index in [0.717, 1.165) is 22.2 Å². The van der Waals surface area contributed by atoms with E-state index >= 15 is 0 Å². The molecule has 0 aliphatic rings. The van der Waals surface area contributed by atoms with Crippen LogP contribution in [-0.2, 0) is 0 Å². The number of rotatable bonds is 4. The van der Waals surface area contributed by atoms with Crippen molar-refractivity contribution in [1.29, 1.82) is 0 Å². The summed E-state index contributed by atoms with van der Waals surface area (Å²) in [4.78, 5) is 7.77.